The zero-order chi connectivity index (χ0) is 20.1. The summed E-state index contributed by atoms with van der Waals surface area (Å²) < 4.78 is 5.83. The van der Waals surface area contributed by atoms with Crippen LogP contribution < -0.4 is 15.4 Å². The van der Waals surface area contributed by atoms with E-state index < -0.39 is 10.8 Å². The van der Waals surface area contributed by atoms with Gasteiger partial charge in [0.2, 0.25) is 0 Å². The summed E-state index contributed by atoms with van der Waals surface area (Å²) in [6.07, 6.45) is 1.71. The lowest BCUT2D eigenvalue weighted by atomic mass is 10.2. The summed E-state index contributed by atoms with van der Waals surface area (Å²) in [5.41, 5.74) is 0.990. The molecular weight excluding hydrogens is 402 g/mol. The number of nitrogens with zero attached hydrogens (tertiary/aromatic N) is 1. The maximum absolute atomic E-state index is 12.0. The highest BCUT2D eigenvalue weighted by atomic mass is 32.2. The molecule has 0 unspecified atom stereocenters. The predicted molar refractivity (Wildman–Crippen MR) is 110 cm³/mol. The van der Waals surface area contributed by atoms with Crippen molar-refractivity contribution >= 4 is 57.6 Å². The van der Waals surface area contributed by atoms with Crippen molar-refractivity contribution < 1.29 is 19.2 Å². The Morgan fingerprint density at radius 3 is 2.68 bits per heavy atom. The largest absolute Gasteiger partial charge is 0.484 e. The lowest BCUT2D eigenvalue weighted by Gasteiger charge is -2.08. The molecule has 0 bridgehead atoms. The van der Waals surface area contributed by atoms with E-state index in [9.17, 15) is 19.7 Å². The maximum Gasteiger partial charge on any atom is 0.271 e. The standard InChI is InChI=1S/C18H13N3O5S2/c22-16(19-12-2-1-3-13(9-12)21(24)25)10-26-14-6-4-11(5-7-14)8-15-17(23)20-18(27)28-15/h1-9H,10H2,(H,19,22)(H,20,23,27)/b15-8-. The Kier molecular flexibility index (Phi) is 6.02. The molecule has 2 amide bonds. The summed E-state index contributed by atoms with van der Waals surface area (Å²) >= 11 is 6.13. The third-order valence-electron chi connectivity index (χ3n) is 3.53. The third-order valence-corrected chi connectivity index (χ3v) is 4.69. The average molecular weight is 415 g/mol. The molecule has 2 aromatic carbocycles. The molecule has 0 radical (unpaired) electrons. The number of hydrogen-bond acceptors (Lipinski definition) is 7. The predicted octanol–water partition coefficient (Wildman–Crippen LogP) is 3.10. The molecule has 0 spiro atoms. The van der Waals surface area contributed by atoms with E-state index in [1.807, 2.05) is 0 Å². The monoisotopic (exact) mass is 415 g/mol. The minimum absolute atomic E-state index is 0.113. The van der Waals surface area contributed by atoms with E-state index in [4.69, 9.17) is 17.0 Å². The van der Waals surface area contributed by atoms with Crippen molar-refractivity contribution in [1.29, 1.82) is 0 Å². The molecule has 10 heteroatoms. The van der Waals surface area contributed by atoms with Crippen molar-refractivity contribution in [2.75, 3.05) is 11.9 Å². The lowest BCUT2D eigenvalue weighted by molar-refractivity contribution is -0.384. The molecule has 1 heterocycles. The molecule has 3 rings (SSSR count). The van der Waals surface area contributed by atoms with Gasteiger partial charge in [0.15, 0.2) is 6.61 Å². The van der Waals surface area contributed by atoms with Gasteiger partial charge in [0.1, 0.15) is 10.1 Å². The van der Waals surface area contributed by atoms with Crippen LogP contribution in [0, 0.1) is 10.1 Å². The second-order valence-corrected chi connectivity index (χ2v) is 7.28. The number of non-ortho nitro benzene ring substituents is 1. The number of thiocarbonyl (C=S) groups is 1. The van der Waals surface area contributed by atoms with E-state index in [-0.39, 0.29) is 18.2 Å². The van der Waals surface area contributed by atoms with Crippen LogP contribution in [0.4, 0.5) is 11.4 Å². The SMILES string of the molecule is O=C(COc1ccc(/C=C2\SC(=S)NC2=O)cc1)Nc1cccc([N+](=O)[O-])c1. The van der Waals surface area contributed by atoms with Crippen molar-refractivity contribution in [3.05, 3.63) is 69.1 Å². The van der Waals surface area contributed by atoms with Gasteiger partial charge in [-0.3, -0.25) is 19.7 Å². The Morgan fingerprint density at radius 2 is 2.04 bits per heavy atom. The molecule has 2 N–H and O–H groups in total. The molecule has 0 atom stereocenters. The Balaban J connectivity index is 1.55. The van der Waals surface area contributed by atoms with Gasteiger partial charge in [0.05, 0.1) is 9.83 Å². The minimum atomic E-state index is -0.537. The highest BCUT2D eigenvalue weighted by Gasteiger charge is 2.21. The summed E-state index contributed by atoms with van der Waals surface area (Å²) in [5, 5.41) is 15.8. The van der Waals surface area contributed by atoms with Gasteiger partial charge in [-0.1, -0.05) is 42.2 Å². The van der Waals surface area contributed by atoms with E-state index in [2.05, 4.69) is 10.6 Å². The zero-order valence-electron chi connectivity index (χ0n) is 14.2. The smallest absolute Gasteiger partial charge is 0.271 e. The number of thioether (sulfide) groups is 1. The fraction of sp³-hybridized carbons (Fsp3) is 0.0556. The van der Waals surface area contributed by atoms with Gasteiger partial charge in [0.25, 0.3) is 17.5 Å². The first kappa shape index (κ1) is 19.5. The summed E-state index contributed by atoms with van der Waals surface area (Å²) in [7, 11) is 0. The van der Waals surface area contributed by atoms with Crippen molar-refractivity contribution in [2.24, 2.45) is 0 Å². The zero-order valence-corrected chi connectivity index (χ0v) is 15.8. The van der Waals surface area contributed by atoms with Crippen LogP contribution in [0.5, 0.6) is 5.75 Å². The summed E-state index contributed by atoms with van der Waals surface area (Å²) in [6.45, 7) is -0.254. The van der Waals surface area contributed by atoms with Crippen molar-refractivity contribution in [3.8, 4) is 5.75 Å². The van der Waals surface area contributed by atoms with Crippen LogP contribution in [0.3, 0.4) is 0 Å². The fourth-order valence-electron chi connectivity index (χ4n) is 2.28. The molecule has 142 valence electrons. The molecule has 0 aromatic heterocycles. The highest BCUT2D eigenvalue weighted by Crippen LogP contribution is 2.26. The number of anilines is 1. The summed E-state index contributed by atoms with van der Waals surface area (Å²) in [5.74, 6) is -0.206. The van der Waals surface area contributed by atoms with Gasteiger partial charge in [-0.2, -0.15) is 0 Å². The Labute approximate surface area is 169 Å². The number of rotatable bonds is 6. The summed E-state index contributed by atoms with van der Waals surface area (Å²) in [6, 6.07) is 12.5. The first-order valence-corrected chi connectivity index (χ1v) is 9.15. The van der Waals surface area contributed by atoms with Crippen LogP contribution >= 0.6 is 24.0 Å². The number of benzene rings is 2. The minimum Gasteiger partial charge on any atom is -0.484 e. The lowest BCUT2D eigenvalue weighted by Crippen LogP contribution is -2.20. The molecule has 1 saturated heterocycles. The van der Waals surface area contributed by atoms with Crippen LogP contribution in [0.1, 0.15) is 5.56 Å². The van der Waals surface area contributed by atoms with Crippen LogP contribution in [-0.4, -0.2) is 27.7 Å². The average Bonchev–Trinajstić information content (AvgIpc) is 2.98. The van der Waals surface area contributed by atoms with Gasteiger partial charge in [-0.25, -0.2) is 0 Å². The van der Waals surface area contributed by atoms with E-state index in [0.717, 1.165) is 5.56 Å². The van der Waals surface area contributed by atoms with Gasteiger partial charge in [0, 0.05) is 17.8 Å². The number of nitrogens with one attached hydrogen (secondary N) is 2. The van der Waals surface area contributed by atoms with Crippen LogP contribution in [0.2, 0.25) is 0 Å². The quantitative estimate of drug-likeness (QED) is 0.323. The van der Waals surface area contributed by atoms with Crippen molar-refractivity contribution in [1.82, 2.24) is 5.32 Å². The van der Waals surface area contributed by atoms with Crippen molar-refractivity contribution in [2.45, 2.75) is 0 Å². The number of carbonyl (C=O) groups excluding carboxylic acids is 2. The van der Waals surface area contributed by atoms with Crippen molar-refractivity contribution in [3.63, 3.8) is 0 Å². The first-order valence-electron chi connectivity index (χ1n) is 7.93. The highest BCUT2D eigenvalue weighted by molar-refractivity contribution is 8.26. The molecule has 28 heavy (non-hydrogen) atoms. The molecule has 0 aliphatic carbocycles. The molecular formula is C18H13N3O5S2. The normalized spacial score (nSPS) is 14.6. The van der Waals surface area contributed by atoms with Gasteiger partial charge < -0.3 is 15.4 Å². The summed E-state index contributed by atoms with van der Waals surface area (Å²) in [4.78, 5) is 34.3. The molecule has 1 fully saturated rings. The second kappa shape index (κ2) is 8.63. The van der Waals surface area contributed by atoms with E-state index in [0.29, 0.717) is 20.7 Å². The van der Waals surface area contributed by atoms with Gasteiger partial charge in [-0.15, -0.1) is 0 Å². The number of hydrogen-bond donors (Lipinski definition) is 2. The molecule has 0 saturated carbocycles. The Hall–Kier alpha value is -3.24. The maximum atomic E-state index is 12.0. The van der Waals surface area contributed by atoms with Crippen LogP contribution in [0.15, 0.2) is 53.4 Å². The number of carbonyl (C=O) groups is 2. The molecule has 1 aliphatic rings. The number of nitro benzene ring substituents is 1. The fourth-order valence-corrected chi connectivity index (χ4v) is 3.32. The van der Waals surface area contributed by atoms with Gasteiger partial charge in [-0.05, 0) is 29.8 Å². The Bertz CT molecular complexity index is 989. The van der Waals surface area contributed by atoms with Crippen LogP contribution in [-0.2, 0) is 9.59 Å². The molecule has 8 nitrogen and oxygen atoms in total. The molecule has 1 aliphatic heterocycles. The molecule has 2 aromatic rings. The number of nitro groups is 1. The van der Waals surface area contributed by atoms with Crippen LogP contribution in [0.25, 0.3) is 6.08 Å². The van der Waals surface area contributed by atoms with E-state index in [1.54, 1.807) is 36.4 Å². The third kappa shape index (κ3) is 5.15. The first-order chi connectivity index (χ1) is 13.4. The second-order valence-electron chi connectivity index (χ2n) is 5.57. The van der Waals surface area contributed by atoms with Gasteiger partial charge >= 0.3 is 0 Å². The Morgan fingerprint density at radius 1 is 1.29 bits per heavy atom. The topological polar surface area (TPSA) is 111 Å². The van der Waals surface area contributed by atoms with E-state index >= 15 is 0 Å². The number of ether oxygens (including phenoxy) is 1. The number of amides is 2. The van der Waals surface area contributed by atoms with E-state index in [1.165, 1.54) is 30.0 Å².